The van der Waals surface area contributed by atoms with Crippen LogP contribution in [0.2, 0.25) is 0 Å². The van der Waals surface area contributed by atoms with Crippen LogP contribution in [0.15, 0.2) is 38.2 Å². The van der Waals surface area contributed by atoms with Crippen LogP contribution in [0.4, 0.5) is 13.2 Å². The van der Waals surface area contributed by atoms with E-state index in [1.807, 2.05) is 0 Å². The van der Waals surface area contributed by atoms with Gasteiger partial charge in [0.2, 0.25) is 5.82 Å². The summed E-state index contributed by atoms with van der Waals surface area (Å²) in [6.45, 7) is -0.135. The second-order valence-electron chi connectivity index (χ2n) is 5.84. The van der Waals surface area contributed by atoms with Crippen LogP contribution in [-0.2, 0) is 26.9 Å². The molecule has 1 aromatic carbocycles. The zero-order chi connectivity index (χ0) is 21.2. The Morgan fingerprint density at radius 1 is 1.21 bits per heavy atom. The third kappa shape index (κ3) is 4.89. The van der Waals surface area contributed by atoms with Gasteiger partial charge in [-0.15, -0.1) is 0 Å². The Morgan fingerprint density at radius 3 is 2.66 bits per heavy atom. The maximum Gasteiger partial charge on any atom is 0.446 e. The number of aromatic nitrogens is 4. The van der Waals surface area contributed by atoms with E-state index >= 15 is 0 Å². The summed E-state index contributed by atoms with van der Waals surface area (Å²) < 4.78 is 75.5. The number of benzene rings is 1. The number of alkyl halides is 3. The lowest BCUT2D eigenvalue weighted by Crippen LogP contribution is -2.15. The SMILES string of the molecule is CS(=O)(=O)OCCCc1nonc1-c1noc(=O)n1-c1cccc(C(F)(F)F)c1. The number of hydrogen-bond acceptors (Lipinski definition) is 9. The standard InChI is InChI=1S/C15H13F3N4O6S/c1-29(24,25)26-7-3-6-11-12(20-28-19-11)13-21-27-14(23)22(13)10-5-2-4-9(8-10)15(16,17)18/h2,4-5,8H,3,6-7H2,1H3. The topological polar surface area (TPSA) is 130 Å². The van der Waals surface area contributed by atoms with Gasteiger partial charge in [0, 0.05) is 0 Å². The fourth-order valence-corrected chi connectivity index (χ4v) is 2.86. The van der Waals surface area contributed by atoms with Gasteiger partial charge < -0.3 is 0 Å². The summed E-state index contributed by atoms with van der Waals surface area (Å²) in [6.07, 6.45) is -3.37. The molecule has 0 spiro atoms. The Labute approximate surface area is 161 Å². The molecule has 14 heteroatoms. The zero-order valence-corrected chi connectivity index (χ0v) is 15.5. The highest BCUT2D eigenvalue weighted by Crippen LogP contribution is 2.31. The largest absolute Gasteiger partial charge is 0.446 e. The van der Waals surface area contributed by atoms with E-state index in [2.05, 4.69) is 28.8 Å². The molecular weight excluding hydrogens is 421 g/mol. The Kier molecular flexibility index (Phi) is 5.57. The molecule has 3 aromatic rings. The molecule has 2 heterocycles. The Hall–Kier alpha value is -3.00. The predicted molar refractivity (Wildman–Crippen MR) is 89.5 cm³/mol. The quantitative estimate of drug-likeness (QED) is 0.403. The van der Waals surface area contributed by atoms with Crippen molar-refractivity contribution in [3.63, 3.8) is 0 Å². The van der Waals surface area contributed by atoms with Crippen LogP contribution in [0.25, 0.3) is 17.2 Å². The summed E-state index contributed by atoms with van der Waals surface area (Å²) in [5.41, 5.74) is -0.954. The molecule has 29 heavy (non-hydrogen) atoms. The molecule has 0 aliphatic heterocycles. The van der Waals surface area contributed by atoms with Crippen molar-refractivity contribution in [1.29, 1.82) is 0 Å². The summed E-state index contributed by atoms with van der Waals surface area (Å²) in [4.78, 5) is 12.1. The molecule has 0 aliphatic rings. The Balaban J connectivity index is 1.92. The van der Waals surface area contributed by atoms with Crippen molar-refractivity contribution in [2.75, 3.05) is 12.9 Å². The van der Waals surface area contributed by atoms with E-state index < -0.39 is 27.6 Å². The van der Waals surface area contributed by atoms with Gasteiger partial charge in [0.25, 0.3) is 10.1 Å². The molecule has 0 atom stereocenters. The lowest BCUT2D eigenvalue weighted by Gasteiger charge is -2.09. The molecule has 0 N–H and O–H groups in total. The van der Waals surface area contributed by atoms with Crippen molar-refractivity contribution in [3.8, 4) is 17.2 Å². The van der Waals surface area contributed by atoms with Gasteiger partial charge in [-0.1, -0.05) is 16.4 Å². The average molecular weight is 434 g/mol. The molecule has 0 fully saturated rings. The first-order valence-electron chi connectivity index (χ1n) is 7.99. The first kappa shape index (κ1) is 20.7. The van der Waals surface area contributed by atoms with E-state index in [4.69, 9.17) is 0 Å². The van der Waals surface area contributed by atoms with Crippen LogP contribution in [0.3, 0.4) is 0 Å². The molecule has 0 saturated heterocycles. The molecule has 3 rings (SSSR count). The highest BCUT2D eigenvalue weighted by molar-refractivity contribution is 7.85. The van der Waals surface area contributed by atoms with Crippen molar-refractivity contribution in [1.82, 2.24) is 20.0 Å². The van der Waals surface area contributed by atoms with Gasteiger partial charge >= 0.3 is 11.9 Å². The summed E-state index contributed by atoms with van der Waals surface area (Å²) in [7, 11) is -3.61. The molecule has 0 radical (unpaired) electrons. The average Bonchev–Trinajstić information content (AvgIpc) is 3.23. The summed E-state index contributed by atoms with van der Waals surface area (Å²) >= 11 is 0. The van der Waals surface area contributed by atoms with E-state index in [9.17, 15) is 26.4 Å². The number of aryl methyl sites for hydroxylation is 1. The molecule has 0 amide bonds. The van der Waals surface area contributed by atoms with Crippen LogP contribution < -0.4 is 5.76 Å². The second-order valence-corrected chi connectivity index (χ2v) is 7.49. The van der Waals surface area contributed by atoms with Crippen LogP contribution >= 0.6 is 0 Å². The van der Waals surface area contributed by atoms with E-state index in [1.54, 1.807) is 0 Å². The minimum absolute atomic E-state index is 0.0346. The number of nitrogens with zero attached hydrogens (tertiary/aromatic N) is 4. The van der Waals surface area contributed by atoms with Crippen LogP contribution in [0.1, 0.15) is 17.7 Å². The third-order valence-corrected chi connectivity index (χ3v) is 4.25. The smallest absolute Gasteiger partial charge is 0.295 e. The van der Waals surface area contributed by atoms with Crippen molar-refractivity contribution < 1.29 is 34.9 Å². The van der Waals surface area contributed by atoms with Gasteiger partial charge in [-0.25, -0.2) is 14.0 Å². The molecule has 2 aromatic heterocycles. The molecule has 0 bridgehead atoms. The lowest BCUT2D eigenvalue weighted by molar-refractivity contribution is -0.137. The van der Waals surface area contributed by atoms with E-state index in [0.717, 1.165) is 29.0 Å². The van der Waals surface area contributed by atoms with Crippen molar-refractivity contribution in [3.05, 3.63) is 46.1 Å². The number of rotatable bonds is 7. The van der Waals surface area contributed by atoms with Gasteiger partial charge in [-0.2, -0.15) is 21.6 Å². The minimum Gasteiger partial charge on any atom is -0.295 e. The Morgan fingerprint density at radius 2 is 1.97 bits per heavy atom. The van der Waals surface area contributed by atoms with Gasteiger partial charge in [-0.3, -0.25) is 8.71 Å². The number of hydrogen-bond donors (Lipinski definition) is 0. The molecule has 0 saturated carbocycles. The highest BCUT2D eigenvalue weighted by atomic mass is 32.2. The van der Waals surface area contributed by atoms with Crippen molar-refractivity contribution in [2.45, 2.75) is 19.0 Å². The summed E-state index contributed by atoms with van der Waals surface area (Å²) in [6, 6.07) is 4.01. The summed E-state index contributed by atoms with van der Waals surface area (Å²) in [5, 5.41) is 10.9. The highest BCUT2D eigenvalue weighted by Gasteiger charge is 2.31. The van der Waals surface area contributed by atoms with E-state index in [1.165, 1.54) is 6.07 Å². The fourth-order valence-electron chi connectivity index (χ4n) is 2.44. The predicted octanol–water partition coefficient (Wildman–Crippen LogP) is 1.80. The minimum atomic E-state index is -4.61. The lowest BCUT2D eigenvalue weighted by atomic mass is 10.1. The molecule has 156 valence electrons. The van der Waals surface area contributed by atoms with Crippen LogP contribution in [0.5, 0.6) is 0 Å². The van der Waals surface area contributed by atoms with Gasteiger partial charge in [0.1, 0.15) is 5.69 Å². The molecule has 0 aliphatic carbocycles. The van der Waals surface area contributed by atoms with Crippen molar-refractivity contribution in [2.24, 2.45) is 0 Å². The zero-order valence-electron chi connectivity index (χ0n) is 14.7. The van der Waals surface area contributed by atoms with Crippen LogP contribution in [0, 0.1) is 0 Å². The van der Waals surface area contributed by atoms with Gasteiger partial charge in [0.15, 0.2) is 5.69 Å². The van der Waals surface area contributed by atoms with Crippen molar-refractivity contribution >= 4 is 10.1 Å². The molecule has 0 unspecified atom stereocenters. The summed E-state index contributed by atoms with van der Waals surface area (Å²) in [5.74, 6) is -1.25. The maximum atomic E-state index is 13.0. The molecular formula is C15H13F3N4O6S. The third-order valence-electron chi connectivity index (χ3n) is 3.66. The normalized spacial score (nSPS) is 12.4. The fraction of sp³-hybridized carbons (Fsp3) is 0.333. The van der Waals surface area contributed by atoms with Gasteiger partial charge in [-0.05, 0) is 36.2 Å². The Bertz CT molecular complexity index is 1170. The maximum absolute atomic E-state index is 13.0. The van der Waals surface area contributed by atoms with E-state index in [-0.39, 0.29) is 42.3 Å². The monoisotopic (exact) mass is 434 g/mol. The van der Waals surface area contributed by atoms with Crippen LogP contribution in [-0.4, -0.2) is 41.3 Å². The first-order valence-corrected chi connectivity index (χ1v) is 9.80. The first-order chi connectivity index (χ1) is 13.6. The molecule has 10 nitrogen and oxygen atoms in total. The van der Waals surface area contributed by atoms with Gasteiger partial charge in [0.05, 0.1) is 24.1 Å². The number of halogens is 3. The van der Waals surface area contributed by atoms with E-state index in [0.29, 0.717) is 0 Å². The second kappa shape index (κ2) is 7.79.